The van der Waals surface area contributed by atoms with Crippen LogP contribution >= 0.6 is 0 Å². The predicted octanol–water partition coefficient (Wildman–Crippen LogP) is 2.37. The summed E-state index contributed by atoms with van der Waals surface area (Å²) in [5.74, 6) is -3.64. The van der Waals surface area contributed by atoms with Crippen molar-refractivity contribution in [3.8, 4) is 0 Å². The number of amides is 1. The number of nitrogens with one attached hydrogen (secondary N) is 2. The van der Waals surface area contributed by atoms with E-state index < -0.39 is 11.9 Å². The Morgan fingerprint density at radius 3 is 1.59 bits per heavy atom. The van der Waals surface area contributed by atoms with Gasteiger partial charge in [-0.15, -0.1) is 0 Å². The Labute approximate surface area is 158 Å². The molecule has 4 N–H and O–H groups in total. The zero-order valence-corrected chi connectivity index (χ0v) is 15.3. The van der Waals surface area contributed by atoms with Crippen LogP contribution < -0.4 is 10.6 Å². The average Bonchev–Trinajstić information content (AvgIpc) is 2.67. The largest absolute Gasteiger partial charge is 0.473 e. The Balaban J connectivity index is 0.000000527. The maximum Gasteiger partial charge on any atom is 0.414 e. The molecule has 0 heterocycles. The Kier molecular flexibility index (Phi) is 9.25. The van der Waals surface area contributed by atoms with Gasteiger partial charge in [-0.2, -0.15) is 0 Å². The number of rotatable bonds is 6. The summed E-state index contributed by atoms with van der Waals surface area (Å²) in [7, 11) is 0. The van der Waals surface area contributed by atoms with Crippen molar-refractivity contribution in [1.29, 1.82) is 0 Å². The summed E-state index contributed by atoms with van der Waals surface area (Å²) < 4.78 is 0. The van der Waals surface area contributed by atoms with Gasteiger partial charge in [-0.05, 0) is 25.0 Å². The van der Waals surface area contributed by atoms with Crippen molar-refractivity contribution < 1.29 is 24.6 Å². The summed E-state index contributed by atoms with van der Waals surface area (Å²) in [5.41, 5.74) is 2.29. The van der Waals surface area contributed by atoms with E-state index in [0.717, 1.165) is 5.56 Å². The number of carbonyl (C=O) groups is 3. The maximum atomic E-state index is 12.0. The lowest BCUT2D eigenvalue weighted by molar-refractivity contribution is -0.159. The molecule has 0 aliphatic rings. The van der Waals surface area contributed by atoms with E-state index in [-0.39, 0.29) is 18.0 Å². The van der Waals surface area contributed by atoms with Crippen LogP contribution in [0.15, 0.2) is 60.7 Å². The topological polar surface area (TPSA) is 116 Å². The number of hydrogen-bond acceptors (Lipinski definition) is 4. The highest BCUT2D eigenvalue weighted by Gasteiger charge is 2.11. The smallest absolute Gasteiger partial charge is 0.414 e. The van der Waals surface area contributed by atoms with Gasteiger partial charge in [-0.25, -0.2) is 9.59 Å². The molecule has 2 atom stereocenters. The van der Waals surface area contributed by atoms with Crippen molar-refractivity contribution in [1.82, 2.24) is 10.6 Å². The van der Waals surface area contributed by atoms with Crippen LogP contribution in [0.2, 0.25) is 0 Å². The van der Waals surface area contributed by atoms with Gasteiger partial charge in [0.15, 0.2) is 0 Å². The second-order valence-corrected chi connectivity index (χ2v) is 5.82. The molecule has 0 fully saturated rings. The first-order valence-electron chi connectivity index (χ1n) is 8.40. The fourth-order valence-corrected chi connectivity index (χ4v) is 2.22. The molecule has 2 rings (SSSR count). The van der Waals surface area contributed by atoms with E-state index >= 15 is 0 Å². The predicted molar refractivity (Wildman–Crippen MR) is 101 cm³/mol. The lowest BCUT2D eigenvalue weighted by atomic mass is 10.1. The minimum absolute atomic E-state index is 0.00846. The number of benzene rings is 2. The van der Waals surface area contributed by atoms with Crippen molar-refractivity contribution in [2.75, 3.05) is 6.54 Å². The first kappa shape index (κ1) is 21.9. The van der Waals surface area contributed by atoms with Crippen LogP contribution in [-0.2, 0) is 14.4 Å². The Morgan fingerprint density at radius 1 is 0.778 bits per heavy atom. The van der Waals surface area contributed by atoms with E-state index in [1.807, 2.05) is 55.5 Å². The number of aliphatic carboxylic acids is 2. The second-order valence-electron chi connectivity index (χ2n) is 5.82. The summed E-state index contributed by atoms with van der Waals surface area (Å²) >= 11 is 0. The molecular weight excluding hydrogens is 348 g/mol. The molecule has 0 radical (unpaired) electrons. The van der Waals surface area contributed by atoms with E-state index in [9.17, 15) is 4.79 Å². The first-order chi connectivity index (χ1) is 12.8. The average molecular weight is 372 g/mol. The van der Waals surface area contributed by atoms with Crippen LogP contribution in [0.4, 0.5) is 0 Å². The molecule has 144 valence electrons. The lowest BCUT2D eigenvalue weighted by Crippen LogP contribution is -2.36. The van der Waals surface area contributed by atoms with Crippen molar-refractivity contribution >= 4 is 17.8 Å². The number of hydrogen-bond donors (Lipinski definition) is 4. The minimum Gasteiger partial charge on any atom is -0.473 e. The summed E-state index contributed by atoms with van der Waals surface area (Å²) in [6, 6.07) is 20.3. The van der Waals surface area contributed by atoms with Crippen LogP contribution in [0.5, 0.6) is 0 Å². The van der Waals surface area contributed by atoms with E-state index in [2.05, 4.69) is 29.7 Å². The molecule has 0 spiro atoms. The summed E-state index contributed by atoms with van der Waals surface area (Å²) in [6.45, 7) is 4.37. The van der Waals surface area contributed by atoms with E-state index in [4.69, 9.17) is 19.8 Å². The van der Waals surface area contributed by atoms with Gasteiger partial charge in [0.2, 0.25) is 5.91 Å². The molecule has 0 bridgehead atoms. The maximum absolute atomic E-state index is 12.0. The minimum atomic E-state index is -1.82. The van der Waals surface area contributed by atoms with E-state index in [1.54, 1.807) is 0 Å². The fraction of sp³-hybridized carbons (Fsp3) is 0.250. The molecule has 0 saturated heterocycles. The van der Waals surface area contributed by atoms with Gasteiger partial charge in [0.05, 0.1) is 12.6 Å². The molecule has 0 saturated carbocycles. The van der Waals surface area contributed by atoms with Gasteiger partial charge in [0.25, 0.3) is 0 Å². The fourth-order valence-electron chi connectivity index (χ4n) is 2.22. The third-order valence-corrected chi connectivity index (χ3v) is 3.73. The molecule has 2 aromatic rings. The summed E-state index contributed by atoms with van der Waals surface area (Å²) in [6.07, 6.45) is 0. The highest BCUT2D eigenvalue weighted by atomic mass is 16.4. The van der Waals surface area contributed by atoms with Crippen molar-refractivity contribution in [2.45, 2.75) is 25.9 Å². The van der Waals surface area contributed by atoms with Crippen molar-refractivity contribution in [3.05, 3.63) is 71.8 Å². The number of carbonyl (C=O) groups excluding carboxylic acids is 1. The van der Waals surface area contributed by atoms with E-state index in [1.165, 1.54) is 5.56 Å². The third kappa shape index (κ3) is 8.64. The second kappa shape index (κ2) is 11.4. The molecule has 0 aromatic heterocycles. The normalized spacial score (nSPS) is 12.1. The Bertz CT molecular complexity index is 723. The zero-order valence-electron chi connectivity index (χ0n) is 15.3. The first-order valence-corrected chi connectivity index (χ1v) is 8.40. The van der Waals surface area contributed by atoms with Gasteiger partial charge in [0, 0.05) is 6.04 Å². The molecule has 0 aliphatic carbocycles. The van der Waals surface area contributed by atoms with Crippen LogP contribution in [0.1, 0.15) is 37.1 Å². The van der Waals surface area contributed by atoms with Gasteiger partial charge in [0.1, 0.15) is 0 Å². The van der Waals surface area contributed by atoms with Gasteiger partial charge in [-0.3, -0.25) is 4.79 Å². The number of carboxylic acids is 2. The molecule has 2 unspecified atom stereocenters. The molecule has 2 aromatic carbocycles. The van der Waals surface area contributed by atoms with Gasteiger partial charge in [-0.1, -0.05) is 60.7 Å². The van der Waals surface area contributed by atoms with Gasteiger partial charge >= 0.3 is 11.9 Å². The van der Waals surface area contributed by atoms with E-state index in [0.29, 0.717) is 6.54 Å². The SMILES string of the molecule is CC(NCC(=O)NC(C)c1ccccc1)c1ccccc1.O=C(O)C(=O)O. The quantitative estimate of drug-likeness (QED) is 0.579. The Morgan fingerprint density at radius 2 is 1.19 bits per heavy atom. The molecule has 1 amide bonds. The molecule has 7 heteroatoms. The number of carboxylic acid groups (broad SMARTS) is 2. The highest BCUT2D eigenvalue weighted by molar-refractivity contribution is 6.27. The van der Waals surface area contributed by atoms with Crippen molar-refractivity contribution in [2.24, 2.45) is 0 Å². The molecule has 0 aliphatic heterocycles. The molecule has 7 nitrogen and oxygen atoms in total. The monoisotopic (exact) mass is 372 g/mol. The third-order valence-electron chi connectivity index (χ3n) is 3.73. The lowest BCUT2D eigenvalue weighted by Gasteiger charge is -2.17. The van der Waals surface area contributed by atoms with Crippen LogP contribution in [0.3, 0.4) is 0 Å². The standard InChI is InChI=1S/C18H22N2O.C2H2O4/c1-14(16-9-5-3-6-10-16)19-13-18(21)20-15(2)17-11-7-4-8-12-17;3-1(4)2(5)6/h3-12,14-15,19H,13H2,1-2H3,(H,20,21);(H,3,4)(H,5,6). The Hall–Kier alpha value is -3.19. The zero-order chi connectivity index (χ0) is 20.2. The molecular formula is C20H24N2O5. The summed E-state index contributed by atoms with van der Waals surface area (Å²) in [5, 5.41) is 21.0. The van der Waals surface area contributed by atoms with Crippen molar-refractivity contribution in [3.63, 3.8) is 0 Å². The van der Waals surface area contributed by atoms with Crippen LogP contribution in [0, 0.1) is 0 Å². The molecule has 27 heavy (non-hydrogen) atoms. The highest BCUT2D eigenvalue weighted by Crippen LogP contribution is 2.12. The van der Waals surface area contributed by atoms with Gasteiger partial charge < -0.3 is 20.8 Å². The summed E-state index contributed by atoms with van der Waals surface area (Å²) in [4.78, 5) is 30.2. The van der Waals surface area contributed by atoms with Crippen LogP contribution in [0.25, 0.3) is 0 Å². The van der Waals surface area contributed by atoms with Crippen LogP contribution in [-0.4, -0.2) is 34.6 Å².